The highest BCUT2D eigenvalue weighted by atomic mass is 16.4. The second-order valence-electron chi connectivity index (χ2n) is 5.92. The van der Waals surface area contributed by atoms with Crippen LogP contribution in [0.25, 0.3) is 0 Å². The molecule has 1 aromatic carbocycles. The van der Waals surface area contributed by atoms with Crippen molar-refractivity contribution < 1.29 is 9.90 Å². The Balaban J connectivity index is 2.29. The van der Waals surface area contributed by atoms with E-state index in [1.807, 2.05) is 0 Å². The molecule has 0 radical (unpaired) electrons. The Kier molecular flexibility index (Phi) is 3.95. The van der Waals surface area contributed by atoms with Crippen LogP contribution in [0.3, 0.4) is 0 Å². The van der Waals surface area contributed by atoms with Gasteiger partial charge in [-0.1, -0.05) is 44.5 Å². The SMILES string of the molecule is CC(C)c1ccc(C(CN)C2(C(=O)O)CCC2)cc1. The number of carbonyl (C=O) groups is 1. The maximum atomic E-state index is 11.6. The first-order chi connectivity index (χ1) is 9.01. The summed E-state index contributed by atoms with van der Waals surface area (Å²) in [5.74, 6) is -0.274. The summed E-state index contributed by atoms with van der Waals surface area (Å²) in [6, 6.07) is 8.29. The third-order valence-electron chi connectivity index (χ3n) is 4.58. The van der Waals surface area contributed by atoms with Gasteiger partial charge in [-0.2, -0.15) is 0 Å². The Morgan fingerprint density at radius 1 is 1.26 bits per heavy atom. The molecule has 1 aromatic rings. The van der Waals surface area contributed by atoms with Crippen molar-refractivity contribution in [2.75, 3.05) is 6.54 Å². The van der Waals surface area contributed by atoms with Crippen LogP contribution in [0.1, 0.15) is 56.1 Å². The first-order valence-electron chi connectivity index (χ1n) is 7.04. The topological polar surface area (TPSA) is 63.3 Å². The zero-order valence-electron chi connectivity index (χ0n) is 11.7. The molecule has 1 aliphatic carbocycles. The van der Waals surface area contributed by atoms with Gasteiger partial charge in [-0.05, 0) is 29.9 Å². The molecule has 1 aliphatic rings. The van der Waals surface area contributed by atoms with Crippen LogP contribution in [0, 0.1) is 5.41 Å². The van der Waals surface area contributed by atoms with Crippen molar-refractivity contribution >= 4 is 5.97 Å². The fourth-order valence-electron chi connectivity index (χ4n) is 3.06. The molecule has 1 atom stereocenters. The lowest BCUT2D eigenvalue weighted by molar-refractivity contribution is -0.156. The third kappa shape index (κ3) is 2.39. The number of nitrogens with two attached hydrogens (primary N) is 1. The number of hydrogen-bond acceptors (Lipinski definition) is 2. The molecule has 0 heterocycles. The van der Waals surface area contributed by atoms with E-state index in [9.17, 15) is 9.90 Å². The molecule has 3 heteroatoms. The van der Waals surface area contributed by atoms with Gasteiger partial charge < -0.3 is 10.8 Å². The van der Waals surface area contributed by atoms with E-state index in [2.05, 4.69) is 38.1 Å². The minimum atomic E-state index is -0.692. The van der Waals surface area contributed by atoms with E-state index in [0.29, 0.717) is 12.5 Å². The summed E-state index contributed by atoms with van der Waals surface area (Å²) in [5, 5.41) is 9.53. The predicted octanol–water partition coefficient (Wildman–Crippen LogP) is 3.11. The Bertz CT molecular complexity index is 446. The van der Waals surface area contributed by atoms with Gasteiger partial charge in [-0.15, -0.1) is 0 Å². The summed E-state index contributed by atoms with van der Waals surface area (Å²) in [7, 11) is 0. The largest absolute Gasteiger partial charge is 0.481 e. The maximum absolute atomic E-state index is 11.6. The average Bonchev–Trinajstić information content (AvgIpc) is 2.33. The smallest absolute Gasteiger partial charge is 0.310 e. The van der Waals surface area contributed by atoms with E-state index in [0.717, 1.165) is 24.8 Å². The molecule has 1 saturated carbocycles. The molecule has 104 valence electrons. The fraction of sp³-hybridized carbons (Fsp3) is 0.562. The molecular formula is C16H23NO2. The normalized spacial score (nSPS) is 18.9. The molecular weight excluding hydrogens is 238 g/mol. The summed E-state index contributed by atoms with van der Waals surface area (Å²) in [6.07, 6.45) is 2.49. The lowest BCUT2D eigenvalue weighted by Crippen LogP contribution is -2.45. The molecule has 19 heavy (non-hydrogen) atoms. The number of carboxylic acids is 1. The Labute approximate surface area is 114 Å². The van der Waals surface area contributed by atoms with Crippen molar-refractivity contribution in [2.45, 2.75) is 44.9 Å². The van der Waals surface area contributed by atoms with Gasteiger partial charge in [0.25, 0.3) is 0 Å². The molecule has 0 saturated heterocycles. The molecule has 0 spiro atoms. The van der Waals surface area contributed by atoms with Gasteiger partial charge in [0.2, 0.25) is 0 Å². The van der Waals surface area contributed by atoms with Crippen LogP contribution in [0.5, 0.6) is 0 Å². The number of aliphatic carboxylic acids is 1. The lowest BCUT2D eigenvalue weighted by atomic mass is 9.59. The Morgan fingerprint density at radius 3 is 2.11 bits per heavy atom. The molecule has 0 aliphatic heterocycles. The minimum absolute atomic E-state index is 0.0695. The van der Waals surface area contributed by atoms with E-state index in [-0.39, 0.29) is 5.92 Å². The summed E-state index contributed by atoms with van der Waals surface area (Å²) in [4.78, 5) is 11.6. The van der Waals surface area contributed by atoms with Gasteiger partial charge >= 0.3 is 5.97 Å². The van der Waals surface area contributed by atoms with Crippen molar-refractivity contribution in [2.24, 2.45) is 11.1 Å². The number of benzene rings is 1. The number of hydrogen-bond donors (Lipinski definition) is 2. The predicted molar refractivity (Wildman–Crippen MR) is 76.2 cm³/mol. The van der Waals surface area contributed by atoms with Crippen LogP contribution in [0.2, 0.25) is 0 Å². The van der Waals surface area contributed by atoms with E-state index in [1.165, 1.54) is 5.56 Å². The minimum Gasteiger partial charge on any atom is -0.481 e. The average molecular weight is 261 g/mol. The zero-order chi connectivity index (χ0) is 14.0. The van der Waals surface area contributed by atoms with Crippen molar-refractivity contribution in [3.63, 3.8) is 0 Å². The third-order valence-corrected chi connectivity index (χ3v) is 4.58. The standard InChI is InChI=1S/C16H23NO2/c1-11(2)12-4-6-13(7-5-12)14(10-17)16(15(18)19)8-3-9-16/h4-7,11,14H,3,8-10,17H2,1-2H3,(H,18,19). The molecule has 3 N–H and O–H groups in total. The highest BCUT2D eigenvalue weighted by Crippen LogP contribution is 2.51. The molecule has 1 fully saturated rings. The van der Waals surface area contributed by atoms with E-state index >= 15 is 0 Å². The maximum Gasteiger partial charge on any atom is 0.310 e. The van der Waals surface area contributed by atoms with Crippen LogP contribution < -0.4 is 5.73 Å². The van der Waals surface area contributed by atoms with Gasteiger partial charge in [0.05, 0.1) is 5.41 Å². The number of rotatable bonds is 5. The van der Waals surface area contributed by atoms with Crippen LogP contribution >= 0.6 is 0 Å². The summed E-state index contributed by atoms with van der Waals surface area (Å²) < 4.78 is 0. The van der Waals surface area contributed by atoms with Gasteiger partial charge in [-0.25, -0.2) is 0 Å². The van der Waals surface area contributed by atoms with Gasteiger partial charge in [0.1, 0.15) is 0 Å². The van der Waals surface area contributed by atoms with E-state index in [1.54, 1.807) is 0 Å². The van der Waals surface area contributed by atoms with Gasteiger partial charge in [0, 0.05) is 12.5 Å². The van der Waals surface area contributed by atoms with Gasteiger partial charge in [-0.3, -0.25) is 4.79 Å². The quantitative estimate of drug-likeness (QED) is 0.856. The van der Waals surface area contributed by atoms with Crippen molar-refractivity contribution in [3.8, 4) is 0 Å². The first-order valence-corrected chi connectivity index (χ1v) is 7.04. The fourth-order valence-corrected chi connectivity index (χ4v) is 3.06. The highest BCUT2D eigenvalue weighted by Gasteiger charge is 2.50. The summed E-state index contributed by atoms with van der Waals surface area (Å²) in [6.45, 7) is 4.70. The highest BCUT2D eigenvalue weighted by molar-refractivity contribution is 5.77. The van der Waals surface area contributed by atoms with Crippen LogP contribution in [-0.4, -0.2) is 17.6 Å². The van der Waals surface area contributed by atoms with E-state index < -0.39 is 11.4 Å². The summed E-state index contributed by atoms with van der Waals surface area (Å²) >= 11 is 0. The van der Waals surface area contributed by atoms with Crippen molar-refractivity contribution in [1.82, 2.24) is 0 Å². The number of carboxylic acid groups (broad SMARTS) is 1. The molecule has 0 bridgehead atoms. The zero-order valence-corrected chi connectivity index (χ0v) is 11.7. The van der Waals surface area contributed by atoms with Crippen molar-refractivity contribution in [3.05, 3.63) is 35.4 Å². The second kappa shape index (κ2) is 5.33. The van der Waals surface area contributed by atoms with E-state index in [4.69, 9.17) is 5.73 Å². The summed E-state index contributed by atoms with van der Waals surface area (Å²) in [5.41, 5.74) is 7.58. The molecule has 3 nitrogen and oxygen atoms in total. The molecule has 0 aromatic heterocycles. The first kappa shape index (κ1) is 14.1. The van der Waals surface area contributed by atoms with Crippen LogP contribution in [0.4, 0.5) is 0 Å². The monoisotopic (exact) mass is 261 g/mol. The molecule has 2 rings (SSSR count). The van der Waals surface area contributed by atoms with Gasteiger partial charge in [0.15, 0.2) is 0 Å². The Morgan fingerprint density at radius 2 is 1.79 bits per heavy atom. The molecule has 0 amide bonds. The van der Waals surface area contributed by atoms with Crippen LogP contribution in [-0.2, 0) is 4.79 Å². The second-order valence-corrected chi connectivity index (χ2v) is 5.92. The lowest BCUT2D eigenvalue weighted by Gasteiger charge is -2.44. The van der Waals surface area contributed by atoms with Crippen LogP contribution in [0.15, 0.2) is 24.3 Å². The van der Waals surface area contributed by atoms with Crippen molar-refractivity contribution in [1.29, 1.82) is 0 Å². The Hall–Kier alpha value is -1.35. The molecule has 1 unspecified atom stereocenters.